The van der Waals surface area contributed by atoms with E-state index in [2.05, 4.69) is 10.3 Å². The van der Waals surface area contributed by atoms with Crippen LogP contribution in [0.5, 0.6) is 0 Å². The number of H-pyrrole nitrogens is 1. The summed E-state index contributed by atoms with van der Waals surface area (Å²) in [6.45, 7) is 2.52. The van der Waals surface area contributed by atoms with Gasteiger partial charge in [0.1, 0.15) is 0 Å². The third kappa shape index (κ3) is 2.82. The fourth-order valence-electron chi connectivity index (χ4n) is 1.40. The Morgan fingerprint density at radius 2 is 2.24 bits per heavy atom. The van der Waals surface area contributed by atoms with Crippen molar-refractivity contribution < 1.29 is 4.79 Å². The minimum absolute atomic E-state index is 0.188. The van der Waals surface area contributed by atoms with Crippen LogP contribution >= 0.6 is 11.3 Å². The van der Waals surface area contributed by atoms with Crippen LogP contribution in [0.1, 0.15) is 21.5 Å². The molecule has 2 rings (SSSR count). The maximum Gasteiger partial charge on any atom is 0.253 e. The number of pyridine rings is 1. The van der Waals surface area contributed by atoms with Crippen molar-refractivity contribution in [2.24, 2.45) is 0 Å². The number of aryl methyl sites for hydroxylation is 1. The van der Waals surface area contributed by atoms with Gasteiger partial charge in [-0.3, -0.25) is 9.59 Å². The van der Waals surface area contributed by atoms with E-state index in [4.69, 9.17) is 0 Å². The van der Waals surface area contributed by atoms with Gasteiger partial charge in [-0.2, -0.15) is 11.3 Å². The number of hydrogen-bond donors (Lipinski definition) is 2. The number of carbonyl (C=O) groups excluding carboxylic acids is 1. The van der Waals surface area contributed by atoms with Gasteiger partial charge in [-0.1, -0.05) is 0 Å². The number of aromatic amines is 1. The third-order valence-electron chi connectivity index (χ3n) is 2.45. The standard InChI is InChI=1S/C12H12N2O2S/c1-8-6-17-7-10(8)5-14-12(16)9-2-3-11(15)13-4-9/h2-4,6-7H,5H2,1H3,(H,13,15)(H,14,16). The lowest BCUT2D eigenvalue weighted by Crippen LogP contribution is -2.23. The first kappa shape index (κ1) is 11.6. The van der Waals surface area contributed by atoms with Crippen LogP contribution in [0.4, 0.5) is 0 Å². The topological polar surface area (TPSA) is 62.0 Å². The van der Waals surface area contributed by atoms with Crippen LogP contribution < -0.4 is 10.9 Å². The molecule has 2 heterocycles. The van der Waals surface area contributed by atoms with E-state index < -0.39 is 0 Å². The van der Waals surface area contributed by atoms with Crippen LogP contribution in [0.15, 0.2) is 33.9 Å². The van der Waals surface area contributed by atoms with Gasteiger partial charge in [0, 0.05) is 18.8 Å². The van der Waals surface area contributed by atoms with E-state index in [1.165, 1.54) is 23.9 Å². The Morgan fingerprint density at radius 1 is 1.41 bits per heavy atom. The Morgan fingerprint density at radius 3 is 2.82 bits per heavy atom. The number of aromatic nitrogens is 1. The number of carbonyl (C=O) groups is 1. The molecule has 17 heavy (non-hydrogen) atoms. The highest BCUT2D eigenvalue weighted by Gasteiger charge is 2.06. The highest BCUT2D eigenvalue weighted by atomic mass is 32.1. The third-order valence-corrected chi connectivity index (χ3v) is 3.36. The van der Waals surface area contributed by atoms with Gasteiger partial charge in [-0.15, -0.1) is 0 Å². The molecule has 2 N–H and O–H groups in total. The highest BCUT2D eigenvalue weighted by molar-refractivity contribution is 7.08. The lowest BCUT2D eigenvalue weighted by atomic mass is 10.2. The van der Waals surface area contributed by atoms with E-state index in [9.17, 15) is 9.59 Å². The van der Waals surface area contributed by atoms with Crippen LogP contribution in [0, 0.1) is 6.92 Å². The average molecular weight is 248 g/mol. The molecule has 0 fully saturated rings. The molecule has 0 spiro atoms. The van der Waals surface area contributed by atoms with Gasteiger partial charge in [0.25, 0.3) is 5.91 Å². The first-order valence-corrected chi connectivity index (χ1v) is 6.09. The molecule has 0 aliphatic heterocycles. The van der Waals surface area contributed by atoms with Crippen LogP contribution in [-0.2, 0) is 6.54 Å². The molecule has 0 radical (unpaired) electrons. The van der Waals surface area contributed by atoms with Crippen molar-refractivity contribution in [2.75, 3.05) is 0 Å². The summed E-state index contributed by atoms with van der Waals surface area (Å²) >= 11 is 1.62. The molecule has 0 bridgehead atoms. The molecule has 1 amide bonds. The Labute approximate surface area is 102 Å². The zero-order chi connectivity index (χ0) is 12.3. The van der Waals surface area contributed by atoms with Crippen LogP contribution in [0.2, 0.25) is 0 Å². The van der Waals surface area contributed by atoms with Gasteiger partial charge in [0.2, 0.25) is 5.56 Å². The molecule has 88 valence electrons. The van der Waals surface area contributed by atoms with Crippen molar-refractivity contribution in [3.8, 4) is 0 Å². The van der Waals surface area contributed by atoms with Gasteiger partial charge in [-0.25, -0.2) is 0 Å². The number of amides is 1. The molecule has 0 saturated carbocycles. The first-order valence-electron chi connectivity index (χ1n) is 5.15. The normalized spacial score (nSPS) is 10.2. The number of thiophene rings is 1. The second kappa shape index (κ2) is 4.97. The summed E-state index contributed by atoms with van der Waals surface area (Å²) in [5.74, 6) is -0.188. The fourth-order valence-corrected chi connectivity index (χ4v) is 2.25. The molecule has 5 heteroatoms. The van der Waals surface area contributed by atoms with Crippen molar-refractivity contribution >= 4 is 17.2 Å². The van der Waals surface area contributed by atoms with Crippen molar-refractivity contribution in [1.82, 2.24) is 10.3 Å². The van der Waals surface area contributed by atoms with Gasteiger partial charge >= 0.3 is 0 Å². The molecule has 2 aromatic heterocycles. The van der Waals surface area contributed by atoms with Crippen LogP contribution in [0.25, 0.3) is 0 Å². The van der Waals surface area contributed by atoms with E-state index in [-0.39, 0.29) is 11.5 Å². The fraction of sp³-hybridized carbons (Fsp3) is 0.167. The van der Waals surface area contributed by atoms with Crippen LogP contribution in [-0.4, -0.2) is 10.9 Å². The first-order chi connectivity index (χ1) is 8.16. The Balaban J connectivity index is 2.00. The zero-order valence-electron chi connectivity index (χ0n) is 9.32. The second-order valence-corrected chi connectivity index (χ2v) is 4.45. The number of rotatable bonds is 3. The minimum atomic E-state index is -0.213. The summed E-state index contributed by atoms with van der Waals surface area (Å²) in [5, 5.41) is 6.87. The number of nitrogens with one attached hydrogen (secondary N) is 2. The van der Waals surface area contributed by atoms with E-state index >= 15 is 0 Å². The summed E-state index contributed by atoms with van der Waals surface area (Å²) in [5.41, 5.74) is 2.54. The summed E-state index contributed by atoms with van der Waals surface area (Å²) < 4.78 is 0. The molecule has 0 saturated heterocycles. The van der Waals surface area contributed by atoms with Crippen molar-refractivity contribution in [3.63, 3.8) is 0 Å². The SMILES string of the molecule is Cc1cscc1CNC(=O)c1ccc(=O)[nH]c1. The molecular weight excluding hydrogens is 236 g/mol. The minimum Gasteiger partial charge on any atom is -0.348 e. The summed E-state index contributed by atoms with van der Waals surface area (Å²) in [4.78, 5) is 25.1. The van der Waals surface area contributed by atoms with Crippen molar-refractivity contribution in [2.45, 2.75) is 13.5 Å². The zero-order valence-corrected chi connectivity index (χ0v) is 10.1. The average Bonchev–Trinajstić information content (AvgIpc) is 2.73. The molecule has 0 unspecified atom stereocenters. The van der Waals surface area contributed by atoms with Gasteiger partial charge in [0.15, 0.2) is 0 Å². The van der Waals surface area contributed by atoms with Gasteiger partial charge in [-0.05, 0) is 34.9 Å². The molecular formula is C12H12N2O2S. The summed E-state index contributed by atoms with van der Waals surface area (Å²) in [6.07, 6.45) is 1.41. The monoisotopic (exact) mass is 248 g/mol. The molecule has 0 atom stereocenters. The largest absolute Gasteiger partial charge is 0.348 e. The Hall–Kier alpha value is -1.88. The maximum atomic E-state index is 11.7. The van der Waals surface area contributed by atoms with Crippen LogP contribution in [0.3, 0.4) is 0 Å². The second-order valence-electron chi connectivity index (χ2n) is 3.70. The lowest BCUT2D eigenvalue weighted by molar-refractivity contribution is 0.0950. The number of hydrogen-bond acceptors (Lipinski definition) is 3. The van der Waals surface area contributed by atoms with Crippen molar-refractivity contribution in [1.29, 1.82) is 0 Å². The van der Waals surface area contributed by atoms with E-state index in [0.717, 1.165) is 5.56 Å². The molecule has 4 nitrogen and oxygen atoms in total. The van der Waals surface area contributed by atoms with E-state index in [1.807, 2.05) is 17.7 Å². The predicted molar refractivity (Wildman–Crippen MR) is 67.3 cm³/mol. The molecule has 0 aromatic carbocycles. The molecule has 0 aliphatic carbocycles. The summed E-state index contributed by atoms with van der Waals surface area (Å²) in [7, 11) is 0. The van der Waals surface area contributed by atoms with Crippen molar-refractivity contribution in [3.05, 3.63) is 56.1 Å². The Bertz CT molecular complexity index is 566. The highest BCUT2D eigenvalue weighted by Crippen LogP contribution is 2.13. The Kier molecular flexibility index (Phi) is 3.39. The maximum absolute atomic E-state index is 11.7. The predicted octanol–water partition coefficient (Wildman–Crippen LogP) is 1.67. The van der Waals surface area contributed by atoms with Gasteiger partial charge < -0.3 is 10.3 Å². The molecule has 2 aromatic rings. The summed E-state index contributed by atoms with van der Waals surface area (Å²) in [6, 6.07) is 2.85. The van der Waals surface area contributed by atoms with E-state index in [0.29, 0.717) is 12.1 Å². The van der Waals surface area contributed by atoms with E-state index in [1.54, 1.807) is 11.3 Å². The van der Waals surface area contributed by atoms with Gasteiger partial charge in [0.05, 0.1) is 5.56 Å². The molecule has 0 aliphatic rings. The quantitative estimate of drug-likeness (QED) is 0.868. The lowest BCUT2D eigenvalue weighted by Gasteiger charge is -2.04. The smallest absolute Gasteiger partial charge is 0.253 e.